The van der Waals surface area contributed by atoms with Gasteiger partial charge < -0.3 is 9.84 Å². The number of aliphatic imine (C=N–C) groups is 1. The van der Waals surface area contributed by atoms with Crippen molar-refractivity contribution in [2.45, 2.75) is 6.05 Å². The highest BCUT2D eigenvalue weighted by atomic mass is 19.3. The summed E-state index contributed by atoms with van der Waals surface area (Å²) in [6, 6.07) is -0.645. The Labute approximate surface area is 83.8 Å². The molecule has 0 amide bonds. The summed E-state index contributed by atoms with van der Waals surface area (Å²) >= 11 is 0. The van der Waals surface area contributed by atoms with Gasteiger partial charge in [-0.25, -0.2) is 4.79 Å². The van der Waals surface area contributed by atoms with Crippen LogP contribution in [0.25, 0.3) is 0 Å². The number of isocyanates is 1. The lowest BCUT2D eigenvalue weighted by Crippen LogP contribution is -2.11. The molecule has 0 spiro atoms. The molecule has 0 fully saturated rings. The number of phenolic OH excluding ortho intramolecular Hbond substituents is 1. The third-order valence-electron chi connectivity index (χ3n) is 1.69. The van der Waals surface area contributed by atoms with Crippen LogP contribution >= 0.6 is 0 Å². The topological polar surface area (TPSA) is 58.9 Å². The smallest absolute Gasteiger partial charge is 0.382 e. The van der Waals surface area contributed by atoms with Crippen molar-refractivity contribution in [1.82, 2.24) is 0 Å². The third-order valence-corrected chi connectivity index (χ3v) is 1.69. The summed E-state index contributed by atoms with van der Waals surface area (Å²) in [6.45, 7) is 0. The minimum Gasteiger partial charge on any atom is -0.508 e. The van der Waals surface area contributed by atoms with Gasteiger partial charge in [0.1, 0.15) is 11.5 Å². The summed E-state index contributed by atoms with van der Waals surface area (Å²) in [7, 11) is 1.19. The molecule has 0 bridgehead atoms. The first-order chi connectivity index (χ1) is 7.01. The van der Waals surface area contributed by atoms with Crippen LogP contribution in [0.1, 0.15) is 5.56 Å². The molecule has 0 atom stereocenters. The second-order valence-electron chi connectivity index (χ2n) is 2.63. The summed E-state index contributed by atoms with van der Waals surface area (Å²) in [5, 5.41) is 9.04. The first-order valence-electron chi connectivity index (χ1n) is 3.85. The predicted molar refractivity (Wildman–Crippen MR) is 46.7 cm³/mol. The van der Waals surface area contributed by atoms with Crippen LogP contribution in [-0.4, -0.2) is 18.3 Å². The van der Waals surface area contributed by atoms with Gasteiger partial charge in [0, 0.05) is 0 Å². The molecule has 0 heterocycles. The number of alkyl halides is 2. The number of rotatable bonds is 3. The van der Waals surface area contributed by atoms with E-state index in [2.05, 4.69) is 9.73 Å². The van der Waals surface area contributed by atoms with E-state index in [0.29, 0.717) is 0 Å². The molecule has 15 heavy (non-hydrogen) atoms. The van der Waals surface area contributed by atoms with E-state index in [4.69, 9.17) is 5.11 Å². The van der Waals surface area contributed by atoms with E-state index < -0.39 is 11.6 Å². The first kappa shape index (κ1) is 11.1. The van der Waals surface area contributed by atoms with Crippen LogP contribution in [0.3, 0.4) is 0 Å². The number of aromatic hydroxyl groups is 1. The van der Waals surface area contributed by atoms with Crippen molar-refractivity contribution in [3.05, 3.63) is 23.8 Å². The van der Waals surface area contributed by atoms with Gasteiger partial charge in [0.15, 0.2) is 0 Å². The van der Waals surface area contributed by atoms with Gasteiger partial charge in [-0.1, -0.05) is 0 Å². The molecule has 0 aliphatic heterocycles. The second-order valence-corrected chi connectivity index (χ2v) is 2.63. The number of nitrogens with zero attached hydrogens (tertiary/aromatic N) is 1. The summed E-state index contributed by atoms with van der Waals surface area (Å²) < 4.78 is 31.0. The average Bonchev–Trinajstić information content (AvgIpc) is 2.17. The SMILES string of the molecule is COc1ccc(O)cc1C(F)(F)N=C=O. The van der Waals surface area contributed by atoms with Crippen molar-refractivity contribution in [2.75, 3.05) is 7.11 Å². The van der Waals surface area contributed by atoms with Crippen molar-refractivity contribution >= 4 is 6.08 Å². The lowest BCUT2D eigenvalue weighted by molar-refractivity contribution is 0.00368. The Hall–Kier alpha value is -1.94. The maximum Gasteiger partial charge on any atom is 0.382 e. The molecular formula is C9H7F2NO3. The van der Waals surface area contributed by atoms with Gasteiger partial charge >= 0.3 is 6.05 Å². The Morgan fingerprint density at radius 2 is 2.20 bits per heavy atom. The second kappa shape index (κ2) is 4.06. The monoisotopic (exact) mass is 215 g/mol. The zero-order valence-corrected chi connectivity index (χ0v) is 7.70. The Morgan fingerprint density at radius 3 is 2.73 bits per heavy atom. The molecule has 1 aromatic rings. The number of halogens is 2. The summed E-state index contributed by atoms with van der Waals surface area (Å²) in [5.74, 6) is -0.539. The average molecular weight is 215 g/mol. The number of phenols is 1. The molecule has 4 nitrogen and oxygen atoms in total. The van der Waals surface area contributed by atoms with Gasteiger partial charge in [-0.15, -0.1) is 4.99 Å². The highest BCUT2D eigenvalue weighted by Crippen LogP contribution is 2.37. The van der Waals surface area contributed by atoms with Gasteiger partial charge in [-0.3, -0.25) is 0 Å². The van der Waals surface area contributed by atoms with Crippen LogP contribution in [0, 0.1) is 0 Å². The maximum absolute atomic E-state index is 13.2. The quantitative estimate of drug-likeness (QED) is 0.475. The molecular weight excluding hydrogens is 208 g/mol. The van der Waals surface area contributed by atoms with E-state index in [0.717, 1.165) is 18.2 Å². The fourth-order valence-electron chi connectivity index (χ4n) is 1.05. The highest BCUT2D eigenvalue weighted by Gasteiger charge is 2.34. The molecule has 0 aliphatic carbocycles. The number of hydrogen-bond donors (Lipinski definition) is 1. The van der Waals surface area contributed by atoms with Crippen molar-refractivity contribution in [1.29, 1.82) is 0 Å². The summed E-state index contributed by atoms with van der Waals surface area (Å²) in [5.41, 5.74) is -0.687. The molecule has 0 saturated heterocycles. The van der Waals surface area contributed by atoms with E-state index in [-0.39, 0.29) is 11.5 Å². The van der Waals surface area contributed by atoms with Gasteiger partial charge in [0.2, 0.25) is 6.08 Å². The van der Waals surface area contributed by atoms with Crippen LogP contribution in [-0.2, 0) is 10.8 Å². The number of ether oxygens (including phenoxy) is 1. The van der Waals surface area contributed by atoms with Gasteiger partial charge in [0.05, 0.1) is 12.7 Å². The van der Waals surface area contributed by atoms with Crippen molar-refractivity contribution in [3.63, 3.8) is 0 Å². The van der Waals surface area contributed by atoms with Crippen LogP contribution in [0.2, 0.25) is 0 Å². The molecule has 1 N–H and O–H groups in total. The molecule has 1 rings (SSSR count). The normalized spacial score (nSPS) is 10.6. The first-order valence-corrected chi connectivity index (χ1v) is 3.85. The van der Waals surface area contributed by atoms with Crippen LogP contribution in [0.15, 0.2) is 23.2 Å². The molecule has 80 valence electrons. The molecule has 0 unspecified atom stereocenters. The van der Waals surface area contributed by atoms with Crippen molar-refractivity contribution in [3.8, 4) is 11.5 Å². The molecule has 0 radical (unpaired) electrons. The summed E-state index contributed by atoms with van der Waals surface area (Å²) in [4.78, 5) is 12.1. The van der Waals surface area contributed by atoms with E-state index in [1.165, 1.54) is 13.2 Å². The maximum atomic E-state index is 13.2. The molecule has 0 saturated carbocycles. The lowest BCUT2D eigenvalue weighted by Gasteiger charge is -2.13. The molecule has 0 aliphatic rings. The molecule has 0 aromatic heterocycles. The number of methoxy groups -OCH3 is 1. The van der Waals surface area contributed by atoms with Gasteiger partial charge in [0.25, 0.3) is 0 Å². The Balaban J connectivity index is 3.33. The van der Waals surface area contributed by atoms with Crippen LogP contribution in [0.5, 0.6) is 11.5 Å². The molecule has 6 heteroatoms. The number of hydrogen-bond acceptors (Lipinski definition) is 4. The third kappa shape index (κ3) is 2.30. The van der Waals surface area contributed by atoms with E-state index in [1.54, 1.807) is 0 Å². The van der Waals surface area contributed by atoms with Crippen LogP contribution < -0.4 is 4.74 Å². The summed E-state index contributed by atoms with van der Waals surface area (Å²) in [6.07, 6.45) is 0.765. The zero-order valence-electron chi connectivity index (χ0n) is 7.70. The minimum atomic E-state index is -3.76. The minimum absolute atomic E-state index is 0.170. The Kier molecular flexibility index (Phi) is 3.01. The van der Waals surface area contributed by atoms with Gasteiger partial charge in [-0.2, -0.15) is 8.78 Å². The largest absolute Gasteiger partial charge is 0.508 e. The number of carbonyl (C=O) groups excluding carboxylic acids is 1. The lowest BCUT2D eigenvalue weighted by atomic mass is 10.1. The van der Waals surface area contributed by atoms with Crippen molar-refractivity contribution in [2.24, 2.45) is 4.99 Å². The van der Waals surface area contributed by atoms with E-state index in [9.17, 15) is 13.6 Å². The fourth-order valence-corrected chi connectivity index (χ4v) is 1.05. The van der Waals surface area contributed by atoms with Crippen molar-refractivity contribution < 1.29 is 23.4 Å². The fraction of sp³-hybridized carbons (Fsp3) is 0.222. The Morgan fingerprint density at radius 1 is 1.53 bits per heavy atom. The zero-order chi connectivity index (χ0) is 11.5. The van der Waals surface area contributed by atoms with E-state index >= 15 is 0 Å². The molecule has 1 aromatic carbocycles. The van der Waals surface area contributed by atoms with E-state index in [1.807, 2.05) is 0 Å². The Bertz CT molecular complexity index is 414. The van der Waals surface area contributed by atoms with Crippen LogP contribution in [0.4, 0.5) is 8.78 Å². The van der Waals surface area contributed by atoms with Gasteiger partial charge in [-0.05, 0) is 18.2 Å². The highest BCUT2D eigenvalue weighted by molar-refractivity contribution is 5.44. The number of benzene rings is 1. The standard InChI is InChI=1S/C9H7F2NO3/c1-15-8-3-2-6(14)4-7(8)9(10,11)12-5-13/h2-4,14H,1H3. The predicted octanol–water partition coefficient (Wildman–Crippen LogP) is 1.79.